The van der Waals surface area contributed by atoms with Crippen molar-refractivity contribution in [1.82, 2.24) is 0 Å². The number of benzene rings is 1. The van der Waals surface area contributed by atoms with E-state index in [1.165, 1.54) is 19.2 Å². The molecular weight excluding hydrogens is 247 g/mol. The molecule has 0 aliphatic rings. The fourth-order valence-corrected chi connectivity index (χ4v) is 1.75. The maximum Gasteiger partial charge on any atom is 0.224 e. The molecule has 0 spiro atoms. The average molecular weight is 268 g/mol. The van der Waals surface area contributed by atoms with Crippen LogP contribution < -0.4 is 15.8 Å². The molecule has 0 saturated heterocycles. The molecule has 1 aromatic carbocycles. The standard InChI is InChI=1S/C14H21FN2O2/c1-19-13-8-7-11(10-12(13)15)17-14(18)6-4-2-3-5-9-16/h7-8,10H,2-6,9,16H2,1H3,(H,17,18). The van der Waals surface area contributed by atoms with Crippen LogP contribution in [0.1, 0.15) is 32.1 Å². The molecule has 1 aromatic rings. The normalized spacial score (nSPS) is 10.3. The summed E-state index contributed by atoms with van der Waals surface area (Å²) < 4.78 is 18.2. The fourth-order valence-electron chi connectivity index (χ4n) is 1.75. The van der Waals surface area contributed by atoms with Crippen molar-refractivity contribution in [3.05, 3.63) is 24.0 Å². The fraction of sp³-hybridized carbons (Fsp3) is 0.500. The summed E-state index contributed by atoms with van der Waals surface area (Å²) in [5, 5.41) is 2.67. The lowest BCUT2D eigenvalue weighted by atomic mass is 10.1. The Kier molecular flexibility index (Phi) is 6.89. The Hall–Kier alpha value is -1.62. The zero-order chi connectivity index (χ0) is 14.1. The van der Waals surface area contributed by atoms with Gasteiger partial charge >= 0.3 is 0 Å². The SMILES string of the molecule is COc1ccc(NC(=O)CCCCCCN)cc1F. The van der Waals surface area contributed by atoms with Gasteiger partial charge in [-0.15, -0.1) is 0 Å². The molecule has 1 rings (SSSR count). The molecule has 0 heterocycles. The second-order valence-electron chi connectivity index (χ2n) is 4.35. The van der Waals surface area contributed by atoms with E-state index < -0.39 is 5.82 Å². The van der Waals surface area contributed by atoms with Gasteiger partial charge in [0.15, 0.2) is 11.6 Å². The molecule has 19 heavy (non-hydrogen) atoms. The number of rotatable bonds is 8. The van der Waals surface area contributed by atoms with E-state index in [-0.39, 0.29) is 11.7 Å². The van der Waals surface area contributed by atoms with Crippen molar-refractivity contribution in [3.63, 3.8) is 0 Å². The number of nitrogens with two attached hydrogens (primary N) is 1. The Bertz CT molecular complexity index is 410. The van der Waals surface area contributed by atoms with Crippen molar-refractivity contribution in [2.24, 2.45) is 5.73 Å². The van der Waals surface area contributed by atoms with Crippen molar-refractivity contribution in [2.75, 3.05) is 19.0 Å². The van der Waals surface area contributed by atoms with Crippen LogP contribution in [0.2, 0.25) is 0 Å². The van der Waals surface area contributed by atoms with E-state index in [9.17, 15) is 9.18 Å². The molecule has 4 nitrogen and oxygen atoms in total. The van der Waals surface area contributed by atoms with Crippen LogP contribution in [0.5, 0.6) is 5.75 Å². The van der Waals surface area contributed by atoms with E-state index in [0.29, 0.717) is 18.7 Å². The molecule has 0 aliphatic heterocycles. The largest absolute Gasteiger partial charge is 0.494 e. The van der Waals surface area contributed by atoms with Crippen LogP contribution in [0.4, 0.5) is 10.1 Å². The van der Waals surface area contributed by atoms with E-state index >= 15 is 0 Å². The van der Waals surface area contributed by atoms with Gasteiger partial charge in [0.1, 0.15) is 0 Å². The molecule has 0 saturated carbocycles. The quantitative estimate of drug-likeness (QED) is 0.712. The highest BCUT2D eigenvalue weighted by Crippen LogP contribution is 2.20. The van der Waals surface area contributed by atoms with Crippen molar-refractivity contribution < 1.29 is 13.9 Å². The van der Waals surface area contributed by atoms with Crippen LogP contribution in [0.25, 0.3) is 0 Å². The third-order valence-electron chi connectivity index (χ3n) is 2.79. The number of anilines is 1. The molecule has 1 amide bonds. The summed E-state index contributed by atoms with van der Waals surface area (Å²) in [4.78, 5) is 11.6. The number of unbranched alkanes of at least 4 members (excludes halogenated alkanes) is 3. The first-order valence-electron chi connectivity index (χ1n) is 6.51. The molecule has 0 aromatic heterocycles. The van der Waals surface area contributed by atoms with Crippen molar-refractivity contribution in [3.8, 4) is 5.75 Å². The minimum absolute atomic E-state index is 0.0997. The molecule has 0 unspecified atom stereocenters. The molecule has 3 N–H and O–H groups in total. The Balaban J connectivity index is 2.34. The highest BCUT2D eigenvalue weighted by molar-refractivity contribution is 5.90. The number of hydrogen-bond acceptors (Lipinski definition) is 3. The van der Waals surface area contributed by atoms with E-state index in [1.807, 2.05) is 0 Å². The van der Waals surface area contributed by atoms with Crippen molar-refractivity contribution >= 4 is 11.6 Å². The lowest BCUT2D eigenvalue weighted by Crippen LogP contribution is -2.11. The van der Waals surface area contributed by atoms with Gasteiger partial charge in [-0.25, -0.2) is 4.39 Å². The van der Waals surface area contributed by atoms with Gasteiger partial charge in [0.2, 0.25) is 5.91 Å². The van der Waals surface area contributed by atoms with Crippen molar-refractivity contribution in [1.29, 1.82) is 0 Å². The smallest absolute Gasteiger partial charge is 0.224 e. The van der Waals surface area contributed by atoms with Crippen LogP contribution >= 0.6 is 0 Å². The predicted octanol–water partition coefficient (Wildman–Crippen LogP) is 2.68. The minimum Gasteiger partial charge on any atom is -0.494 e. The maximum absolute atomic E-state index is 13.4. The number of nitrogens with one attached hydrogen (secondary N) is 1. The van der Waals surface area contributed by atoms with Crippen LogP contribution in [0.15, 0.2) is 18.2 Å². The molecule has 106 valence electrons. The molecule has 0 aliphatic carbocycles. The summed E-state index contributed by atoms with van der Waals surface area (Å²) in [5.41, 5.74) is 5.83. The van der Waals surface area contributed by atoms with Crippen LogP contribution in [-0.2, 0) is 4.79 Å². The Labute approximate surface area is 113 Å². The third kappa shape index (κ3) is 5.70. The molecular formula is C14H21FN2O2. The van der Waals surface area contributed by atoms with E-state index in [0.717, 1.165) is 25.7 Å². The lowest BCUT2D eigenvalue weighted by Gasteiger charge is -2.07. The summed E-state index contributed by atoms with van der Waals surface area (Å²) in [6.07, 6.45) is 4.29. The van der Waals surface area contributed by atoms with Gasteiger partial charge in [-0.05, 0) is 31.5 Å². The Morgan fingerprint density at radius 2 is 2.05 bits per heavy atom. The molecule has 0 atom stereocenters. The molecule has 5 heteroatoms. The van der Waals surface area contributed by atoms with Crippen LogP contribution in [-0.4, -0.2) is 19.6 Å². The zero-order valence-electron chi connectivity index (χ0n) is 11.2. The first kappa shape index (κ1) is 15.4. The molecule has 0 bridgehead atoms. The Morgan fingerprint density at radius 3 is 2.68 bits per heavy atom. The third-order valence-corrected chi connectivity index (χ3v) is 2.79. The van der Waals surface area contributed by atoms with E-state index in [1.54, 1.807) is 6.07 Å². The number of halogens is 1. The second-order valence-corrected chi connectivity index (χ2v) is 4.35. The molecule has 0 fully saturated rings. The number of methoxy groups -OCH3 is 1. The predicted molar refractivity (Wildman–Crippen MR) is 73.7 cm³/mol. The van der Waals surface area contributed by atoms with Gasteiger partial charge < -0.3 is 15.8 Å². The van der Waals surface area contributed by atoms with Gasteiger partial charge in [-0.1, -0.05) is 12.8 Å². The summed E-state index contributed by atoms with van der Waals surface area (Å²) in [5.74, 6) is -0.416. The minimum atomic E-state index is -0.483. The number of carbonyl (C=O) groups excluding carboxylic acids is 1. The van der Waals surface area contributed by atoms with Crippen molar-refractivity contribution in [2.45, 2.75) is 32.1 Å². The van der Waals surface area contributed by atoms with Gasteiger partial charge in [-0.3, -0.25) is 4.79 Å². The summed E-state index contributed by atoms with van der Waals surface area (Å²) in [7, 11) is 1.40. The van der Waals surface area contributed by atoms with Gasteiger partial charge in [-0.2, -0.15) is 0 Å². The van der Waals surface area contributed by atoms with Gasteiger partial charge in [0.05, 0.1) is 7.11 Å². The average Bonchev–Trinajstić information content (AvgIpc) is 2.39. The number of hydrogen-bond donors (Lipinski definition) is 2. The monoisotopic (exact) mass is 268 g/mol. The zero-order valence-corrected chi connectivity index (χ0v) is 11.2. The van der Waals surface area contributed by atoms with Gasteiger partial charge in [0, 0.05) is 18.2 Å². The maximum atomic E-state index is 13.4. The molecule has 0 radical (unpaired) electrons. The highest BCUT2D eigenvalue weighted by atomic mass is 19.1. The van der Waals surface area contributed by atoms with E-state index in [2.05, 4.69) is 5.32 Å². The summed E-state index contributed by atoms with van der Waals surface area (Å²) >= 11 is 0. The first-order valence-corrected chi connectivity index (χ1v) is 6.51. The number of amides is 1. The van der Waals surface area contributed by atoms with E-state index in [4.69, 9.17) is 10.5 Å². The summed E-state index contributed by atoms with van der Waals surface area (Å²) in [6.45, 7) is 0.692. The first-order chi connectivity index (χ1) is 9.17. The topological polar surface area (TPSA) is 64.3 Å². The Morgan fingerprint density at radius 1 is 1.32 bits per heavy atom. The lowest BCUT2D eigenvalue weighted by molar-refractivity contribution is -0.116. The second kappa shape index (κ2) is 8.48. The van der Waals surface area contributed by atoms with Crippen LogP contribution in [0.3, 0.4) is 0 Å². The van der Waals surface area contributed by atoms with Gasteiger partial charge in [0.25, 0.3) is 0 Å². The summed E-state index contributed by atoms with van der Waals surface area (Å²) in [6, 6.07) is 4.37. The van der Waals surface area contributed by atoms with Crippen LogP contribution in [0, 0.1) is 5.82 Å². The highest BCUT2D eigenvalue weighted by Gasteiger charge is 2.06. The number of ether oxygens (including phenoxy) is 1. The number of carbonyl (C=O) groups is 1.